The van der Waals surface area contributed by atoms with Gasteiger partial charge in [0.05, 0.1) is 12.8 Å². The SMILES string of the molecule is CCOCc1nc(=S)cc(-c2ccc(C)c(C)c2OC)[nH]1. The van der Waals surface area contributed by atoms with Crippen molar-refractivity contribution in [2.24, 2.45) is 0 Å². The Labute approximate surface area is 130 Å². The minimum Gasteiger partial charge on any atom is -0.496 e. The average Bonchev–Trinajstić information content (AvgIpc) is 2.47. The third-order valence-electron chi connectivity index (χ3n) is 3.41. The van der Waals surface area contributed by atoms with Crippen molar-refractivity contribution in [1.82, 2.24) is 9.97 Å². The molecule has 0 saturated heterocycles. The molecule has 1 aromatic heterocycles. The molecule has 0 aliphatic heterocycles. The molecule has 2 rings (SSSR count). The van der Waals surface area contributed by atoms with Gasteiger partial charge in [-0.2, -0.15) is 0 Å². The second-order valence-corrected chi connectivity index (χ2v) is 5.22. The Balaban J connectivity index is 2.54. The first-order valence-corrected chi connectivity index (χ1v) is 7.30. The van der Waals surface area contributed by atoms with E-state index in [2.05, 4.69) is 29.9 Å². The lowest BCUT2D eigenvalue weighted by Gasteiger charge is -2.14. The number of H-pyrrole nitrogens is 1. The summed E-state index contributed by atoms with van der Waals surface area (Å²) in [5.41, 5.74) is 4.19. The van der Waals surface area contributed by atoms with Crippen LogP contribution in [0.15, 0.2) is 18.2 Å². The van der Waals surface area contributed by atoms with Crippen molar-refractivity contribution < 1.29 is 9.47 Å². The number of hydrogen-bond donors (Lipinski definition) is 1. The van der Waals surface area contributed by atoms with Crippen molar-refractivity contribution in [3.8, 4) is 17.0 Å². The third kappa shape index (κ3) is 3.49. The van der Waals surface area contributed by atoms with E-state index in [4.69, 9.17) is 21.7 Å². The fourth-order valence-electron chi connectivity index (χ4n) is 2.19. The molecule has 1 aromatic carbocycles. The lowest BCUT2D eigenvalue weighted by Crippen LogP contribution is -2.02. The topological polar surface area (TPSA) is 47.1 Å². The zero-order valence-electron chi connectivity index (χ0n) is 12.8. The van der Waals surface area contributed by atoms with Crippen LogP contribution < -0.4 is 4.74 Å². The highest BCUT2D eigenvalue weighted by atomic mass is 32.1. The maximum Gasteiger partial charge on any atom is 0.134 e. The van der Waals surface area contributed by atoms with Crippen LogP contribution >= 0.6 is 12.2 Å². The Morgan fingerprint density at radius 2 is 2.05 bits per heavy atom. The van der Waals surface area contributed by atoms with Crippen LogP contribution in [-0.2, 0) is 11.3 Å². The van der Waals surface area contributed by atoms with E-state index in [-0.39, 0.29) is 0 Å². The number of aryl methyl sites for hydroxylation is 1. The Hall–Kier alpha value is -1.72. The summed E-state index contributed by atoms with van der Waals surface area (Å²) in [5, 5.41) is 0. The highest BCUT2D eigenvalue weighted by molar-refractivity contribution is 7.71. The van der Waals surface area contributed by atoms with Crippen molar-refractivity contribution >= 4 is 12.2 Å². The van der Waals surface area contributed by atoms with Crippen LogP contribution in [-0.4, -0.2) is 23.7 Å². The van der Waals surface area contributed by atoms with Crippen LogP contribution in [0.5, 0.6) is 5.75 Å². The van der Waals surface area contributed by atoms with Gasteiger partial charge in [-0.1, -0.05) is 18.3 Å². The molecule has 0 fully saturated rings. The fraction of sp³-hybridized carbons (Fsp3) is 0.375. The summed E-state index contributed by atoms with van der Waals surface area (Å²) in [6.45, 7) is 7.12. The molecule has 0 aliphatic carbocycles. The zero-order chi connectivity index (χ0) is 15.4. The number of aromatic amines is 1. The molecule has 1 heterocycles. The molecule has 4 nitrogen and oxygen atoms in total. The summed E-state index contributed by atoms with van der Waals surface area (Å²) < 4.78 is 11.5. The Kier molecular flexibility index (Phi) is 5.09. The first kappa shape index (κ1) is 15.7. The molecule has 0 unspecified atom stereocenters. The van der Waals surface area contributed by atoms with Crippen molar-refractivity contribution in [3.63, 3.8) is 0 Å². The van der Waals surface area contributed by atoms with Gasteiger partial charge in [-0.25, -0.2) is 4.98 Å². The van der Waals surface area contributed by atoms with Gasteiger partial charge < -0.3 is 14.5 Å². The van der Waals surface area contributed by atoms with E-state index in [0.717, 1.165) is 28.4 Å². The third-order valence-corrected chi connectivity index (χ3v) is 3.61. The predicted octanol–water partition coefficient (Wildman–Crippen LogP) is 3.97. The Bertz CT molecular complexity index is 695. The number of rotatable bonds is 5. The summed E-state index contributed by atoms with van der Waals surface area (Å²) >= 11 is 5.25. The quantitative estimate of drug-likeness (QED) is 0.849. The maximum atomic E-state index is 5.57. The molecule has 1 N–H and O–H groups in total. The normalized spacial score (nSPS) is 10.7. The van der Waals surface area contributed by atoms with Gasteiger partial charge in [-0.15, -0.1) is 0 Å². The van der Waals surface area contributed by atoms with E-state index in [1.54, 1.807) is 7.11 Å². The molecule has 5 heteroatoms. The molecule has 0 radical (unpaired) electrons. The van der Waals surface area contributed by atoms with Crippen molar-refractivity contribution in [2.75, 3.05) is 13.7 Å². The van der Waals surface area contributed by atoms with E-state index in [9.17, 15) is 0 Å². The van der Waals surface area contributed by atoms with E-state index in [1.165, 1.54) is 5.56 Å². The number of nitrogens with one attached hydrogen (secondary N) is 1. The fourth-order valence-corrected chi connectivity index (χ4v) is 2.41. The molecule has 0 atom stereocenters. The molecule has 0 spiro atoms. The van der Waals surface area contributed by atoms with Gasteiger partial charge in [0.25, 0.3) is 0 Å². The second-order valence-electron chi connectivity index (χ2n) is 4.81. The number of nitrogens with zero attached hydrogens (tertiary/aromatic N) is 1. The Morgan fingerprint density at radius 3 is 2.71 bits per heavy atom. The van der Waals surface area contributed by atoms with Gasteiger partial charge >= 0.3 is 0 Å². The van der Waals surface area contributed by atoms with Crippen LogP contribution in [0.4, 0.5) is 0 Å². The second kappa shape index (κ2) is 6.83. The molecular formula is C16H20N2O2S. The summed E-state index contributed by atoms with van der Waals surface area (Å²) in [4.78, 5) is 7.56. The minimum absolute atomic E-state index is 0.418. The molecule has 21 heavy (non-hydrogen) atoms. The molecule has 0 saturated carbocycles. The van der Waals surface area contributed by atoms with Crippen molar-refractivity contribution in [3.05, 3.63) is 39.8 Å². The molecule has 112 valence electrons. The number of aromatic nitrogens is 2. The molecule has 2 aromatic rings. The smallest absolute Gasteiger partial charge is 0.134 e. The van der Waals surface area contributed by atoms with Crippen LogP contribution in [0, 0.1) is 18.5 Å². The van der Waals surface area contributed by atoms with E-state index in [1.807, 2.05) is 19.1 Å². The maximum absolute atomic E-state index is 5.57. The minimum atomic E-state index is 0.418. The lowest BCUT2D eigenvalue weighted by molar-refractivity contribution is 0.128. The van der Waals surface area contributed by atoms with Crippen LogP contribution in [0.2, 0.25) is 0 Å². The first-order valence-electron chi connectivity index (χ1n) is 6.89. The standard InChI is InChI=1S/C16H20N2O2S/c1-5-20-9-14-17-13(8-15(21)18-14)12-7-6-10(2)11(3)16(12)19-4/h6-8H,5,9H2,1-4H3,(H,17,18,21). The van der Waals surface area contributed by atoms with Crippen molar-refractivity contribution in [2.45, 2.75) is 27.4 Å². The number of ether oxygens (including phenoxy) is 2. The highest BCUT2D eigenvalue weighted by Gasteiger charge is 2.12. The highest BCUT2D eigenvalue weighted by Crippen LogP contribution is 2.33. The van der Waals surface area contributed by atoms with E-state index < -0.39 is 0 Å². The van der Waals surface area contributed by atoms with E-state index in [0.29, 0.717) is 17.9 Å². The number of methoxy groups -OCH3 is 1. The summed E-state index contributed by atoms with van der Waals surface area (Å²) in [6, 6.07) is 5.95. The number of benzene rings is 1. The molecule has 0 bridgehead atoms. The first-order chi connectivity index (χ1) is 10.1. The van der Waals surface area contributed by atoms with Gasteiger partial charge in [0.15, 0.2) is 0 Å². The lowest BCUT2D eigenvalue weighted by atomic mass is 10.0. The van der Waals surface area contributed by atoms with Crippen LogP contribution in [0.3, 0.4) is 0 Å². The Morgan fingerprint density at radius 1 is 1.29 bits per heavy atom. The van der Waals surface area contributed by atoms with E-state index >= 15 is 0 Å². The number of hydrogen-bond acceptors (Lipinski definition) is 4. The molecular weight excluding hydrogens is 284 g/mol. The van der Waals surface area contributed by atoms with Crippen LogP contribution in [0.1, 0.15) is 23.9 Å². The van der Waals surface area contributed by atoms with Gasteiger partial charge in [-0.3, -0.25) is 0 Å². The van der Waals surface area contributed by atoms with Gasteiger partial charge in [-0.05, 0) is 44.0 Å². The predicted molar refractivity (Wildman–Crippen MR) is 86.2 cm³/mol. The van der Waals surface area contributed by atoms with Gasteiger partial charge in [0.2, 0.25) is 0 Å². The summed E-state index contributed by atoms with van der Waals surface area (Å²) in [5.74, 6) is 1.58. The van der Waals surface area contributed by atoms with Crippen molar-refractivity contribution in [1.29, 1.82) is 0 Å². The molecule has 0 amide bonds. The largest absolute Gasteiger partial charge is 0.496 e. The van der Waals surface area contributed by atoms with Gasteiger partial charge in [0.1, 0.15) is 22.8 Å². The monoisotopic (exact) mass is 304 g/mol. The molecule has 0 aliphatic rings. The zero-order valence-corrected chi connectivity index (χ0v) is 13.6. The summed E-state index contributed by atoms with van der Waals surface area (Å²) in [7, 11) is 1.68. The average molecular weight is 304 g/mol. The summed E-state index contributed by atoms with van der Waals surface area (Å²) in [6.07, 6.45) is 0. The van der Waals surface area contributed by atoms with Crippen LogP contribution in [0.25, 0.3) is 11.3 Å². The van der Waals surface area contributed by atoms with Gasteiger partial charge in [0, 0.05) is 12.2 Å².